The van der Waals surface area contributed by atoms with Crippen molar-refractivity contribution in [1.29, 1.82) is 0 Å². The number of imide groups is 1. The van der Waals surface area contributed by atoms with Crippen LogP contribution in [0.2, 0.25) is 0 Å². The van der Waals surface area contributed by atoms with Crippen molar-refractivity contribution in [1.82, 2.24) is 4.90 Å². The van der Waals surface area contributed by atoms with Crippen LogP contribution >= 0.6 is 23.2 Å². The van der Waals surface area contributed by atoms with E-state index >= 15 is 0 Å². The van der Waals surface area contributed by atoms with E-state index in [0.29, 0.717) is 5.69 Å². The number of hydrogen-bond acceptors (Lipinski definition) is 3. The van der Waals surface area contributed by atoms with Crippen molar-refractivity contribution in [3.05, 3.63) is 101 Å². The topological polar surface area (TPSA) is 66.5 Å². The minimum absolute atomic E-state index is 0.0185. The number of amides is 3. The van der Waals surface area contributed by atoms with Crippen molar-refractivity contribution in [2.75, 3.05) is 11.9 Å². The molecule has 1 heterocycles. The molecule has 7 heteroatoms. The van der Waals surface area contributed by atoms with Gasteiger partial charge in [0.05, 0.1) is 11.8 Å². The molecular weight excluding hydrogens is 483 g/mol. The van der Waals surface area contributed by atoms with Crippen LogP contribution in [0.3, 0.4) is 0 Å². The summed E-state index contributed by atoms with van der Waals surface area (Å²) in [5.74, 6) is -2.74. The predicted molar refractivity (Wildman–Crippen MR) is 134 cm³/mol. The first-order chi connectivity index (χ1) is 16.8. The molecule has 0 unspecified atom stereocenters. The van der Waals surface area contributed by atoms with Crippen LogP contribution in [0.15, 0.2) is 72.8 Å². The summed E-state index contributed by atoms with van der Waals surface area (Å²) in [7, 11) is 0. The highest BCUT2D eigenvalue weighted by Crippen LogP contribution is 2.69. The Labute approximate surface area is 213 Å². The number of benzene rings is 3. The molecule has 3 aromatic rings. The molecule has 3 aromatic carbocycles. The van der Waals surface area contributed by atoms with Gasteiger partial charge in [-0.3, -0.25) is 19.3 Å². The summed E-state index contributed by atoms with van der Waals surface area (Å²) in [6.45, 7) is 1.90. The molecule has 176 valence electrons. The molecule has 0 saturated carbocycles. The van der Waals surface area contributed by atoms with Crippen LogP contribution in [0.4, 0.5) is 5.69 Å². The SMILES string of the molecule is Cc1cccc(NC(=O)CCN2C(=O)[C@H]3[C@H](C2=O)C2(Cl)c4ccccc4C3(Cl)c3ccccc32)c1. The summed E-state index contributed by atoms with van der Waals surface area (Å²) in [5, 5.41) is 2.83. The summed E-state index contributed by atoms with van der Waals surface area (Å²) >= 11 is 14.8. The maximum atomic E-state index is 13.8. The van der Waals surface area contributed by atoms with Gasteiger partial charge < -0.3 is 5.32 Å². The predicted octanol–water partition coefficient (Wildman–Crippen LogP) is 4.92. The molecule has 1 saturated heterocycles. The van der Waals surface area contributed by atoms with E-state index in [2.05, 4.69) is 5.32 Å². The van der Waals surface area contributed by atoms with Crippen LogP contribution < -0.4 is 5.32 Å². The second kappa shape index (κ2) is 7.67. The van der Waals surface area contributed by atoms with Gasteiger partial charge in [0.2, 0.25) is 17.7 Å². The van der Waals surface area contributed by atoms with E-state index in [-0.39, 0.29) is 30.7 Å². The van der Waals surface area contributed by atoms with Crippen LogP contribution in [0.5, 0.6) is 0 Å². The fourth-order valence-electron chi connectivity index (χ4n) is 6.10. The number of alkyl halides is 2. The third-order valence-electron chi connectivity index (χ3n) is 7.54. The lowest BCUT2D eigenvalue weighted by Gasteiger charge is -2.54. The Morgan fingerprint density at radius 2 is 1.31 bits per heavy atom. The van der Waals surface area contributed by atoms with Gasteiger partial charge in [0.15, 0.2) is 0 Å². The molecule has 35 heavy (non-hydrogen) atoms. The van der Waals surface area contributed by atoms with Crippen LogP contribution in [0.25, 0.3) is 0 Å². The Balaban J connectivity index is 1.35. The molecule has 2 bridgehead atoms. The molecule has 0 radical (unpaired) electrons. The van der Waals surface area contributed by atoms with Gasteiger partial charge in [-0.2, -0.15) is 0 Å². The van der Waals surface area contributed by atoms with Crippen molar-refractivity contribution in [3.8, 4) is 0 Å². The lowest BCUT2D eigenvalue weighted by Crippen LogP contribution is -2.57. The lowest BCUT2D eigenvalue weighted by molar-refractivity contribution is -0.140. The smallest absolute Gasteiger partial charge is 0.235 e. The zero-order chi connectivity index (χ0) is 24.5. The van der Waals surface area contributed by atoms with E-state index in [1.165, 1.54) is 4.90 Å². The highest BCUT2D eigenvalue weighted by molar-refractivity contribution is 6.36. The van der Waals surface area contributed by atoms with Gasteiger partial charge in [-0.05, 0) is 46.9 Å². The number of hydrogen-bond donors (Lipinski definition) is 1. The Kier molecular flexibility index (Phi) is 4.89. The molecule has 7 rings (SSSR count). The maximum absolute atomic E-state index is 13.8. The van der Waals surface area contributed by atoms with Crippen LogP contribution in [0.1, 0.15) is 34.2 Å². The minimum atomic E-state index is -1.21. The van der Waals surface area contributed by atoms with Crippen LogP contribution in [-0.2, 0) is 24.1 Å². The van der Waals surface area contributed by atoms with Crippen molar-refractivity contribution >= 4 is 46.6 Å². The number of nitrogens with zero attached hydrogens (tertiary/aromatic N) is 1. The summed E-state index contributed by atoms with van der Waals surface area (Å²) < 4.78 is 0. The van der Waals surface area contributed by atoms with Gasteiger partial charge in [0.25, 0.3) is 0 Å². The van der Waals surface area contributed by atoms with Gasteiger partial charge >= 0.3 is 0 Å². The molecule has 0 aromatic heterocycles. The van der Waals surface area contributed by atoms with E-state index in [1.54, 1.807) is 6.07 Å². The van der Waals surface area contributed by atoms with E-state index in [1.807, 2.05) is 73.7 Å². The summed E-state index contributed by atoms with van der Waals surface area (Å²) in [4.78, 5) is 38.9. The summed E-state index contributed by atoms with van der Waals surface area (Å²) in [6.07, 6.45) is -0.0185. The summed E-state index contributed by atoms with van der Waals surface area (Å²) in [6, 6.07) is 22.5. The zero-order valence-corrected chi connectivity index (χ0v) is 20.4. The lowest BCUT2D eigenvalue weighted by atomic mass is 9.54. The summed E-state index contributed by atoms with van der Waals surface area (Å²) in [5.41, 5.74) is 4.74. The molecule has 3 amide bonds. The van der Waals surface area contributed by atoms with E-state index < -0.39 is 21.6 Å². The van der Waals surface area contributed by atoms with Gasteiger partial charge in [-0.15, -0.1) is 23.2 Å². The first-order valence-electron chi connectivity index (χ1n) is 11.6. The van der Waals surface area contributed by atoms with Gasteiger partial charge in [-0.1, -0.05) is 60.7 Å². The number of halogens is 2. The Morgan fingerprint density at radius 3 is 1.77 bits per heavy atom. The number of carbonyl (C=O) groups excluding carboxylic acids is 3. The molecule has 1 aliphatic heterocycles. The normalized spacial score (nSPS) is 27.9. The molecule has 5 nitrogen and oxygen atoms in total. The number of aryl methyl sites for hydroxylation is 1. The number of carbonyl (C=O) groups is 3. The molecule has 0 spiro atoms. The van der Waals surface area contributed by atoms with E-state index in [9.17, 15) is 14.4 Å². The molecule has 1 fully saturated rings. The Hall–Kier alpha value is -3.15. The fourth-order valence-corrected chi connectivity index (χ4v) is 7.20. The van der Waals surface area contributed by atoms with Crippen molar-refractivity contribution in [2.24, 2.45) is 11.8 Å². The van der Waals surface area contributed by atoms with Crippen molar-refractivity contribution < 1.29 is 14.4 Å². The average molecular weight is 505 g/mol. The standard InChI is InChI=1S/C28H22Cl2N2O3/c1-16-7-6-8-17(15-16)31-22(33)13-14-32-25(34)23-24(26(32)35)28(30)19-10-3-2-9-18(19)27(23,29)20-11-4-5-12-21(20)28/h2-12,15,23-24H,13-14H2,1H3,(H,31,33)/t23-,24-,27?,28?/m1/s1. The largest absolute Gasteiger partial charge is 0.326 e. The minimum Gasteiger partial charge on any atom is -0.326 e. The number of rotatable bonds is 4. The average Bonchev–Trinajstić information content (AvgIpc) is 3.12. The third-order valence-corrected chi connectivity index (χ3v) is 8.83. The Bertz CT molecular complexity index is 1300. The van der Waals surface area contributed by atoms with Gasteiger partial charge in [0.1, 0.15) is 9.75 Å². The first-order valence-corrected chi connectivity index (χ1v) is 12.3. The highest BCUT2D eigenvalue weighted by Gasteiger charge is 2.72. The highest BCUT2D eigenvalue weighted by atomic mass is 35.5. The maximum Gasteiger partial charge on any atom is 0.235 e. The second-order valence-electron chi connectivity index (χ2n) is 9.47. The first kappa shape index (κ1) is 22.3. The third kappa shape index (κ3) is 2.92. The van der Waals surface area contributed by atoms with Crippen molar-refractivity contribution in [3.63, 3.8) is 0 Å². The Morgan fingerprint density at radius 1 is 0.829 bits per heavy atom. The van der Waals surface area contributed by atoms with Crippen molar-refractivity contribution in [2.45, 2.75) is 23.1 Å². The number of anilines is 1. The zero-order valence-electron chi connectivity index (χ0n) is 18.9. The van der Waals surface area contributed by atoms with Gasteiger partial charge in [0, 0.05) is 18.7 Å². The molecule has 2 atom stereocenters. The van der Waals surface area contributed by atoms with Crippen LogP contribution in [0, 0.1) is 18.8 Å². The quantitative estimate of drug-likeness (QED) is 0.405. The monoisotopic (exact) mass is 504 g/mol. The van der Waals surface area contributed by atoms with Gasteiger partial charge in [-0.25, -0.2) is 0 Å². The number of likely N-dealkylation sites (tertiary alicyclic amines) is 1. The fraction of sp³-hybridized carbons (Fsp3) is 0.250. The van der Waals surface area contributed by atoms with E-state index in [4.69, 9.17) is 23.2 Å². The number of nitrogens with one attached hydrogen (secondary N) is 1. The molecule has 4 aliphatic rings. The van der Waals surface area contributed by atoms with E-state index in [0.717, 1.165) is 27.8 Å². The molecule has 1 N–H and O–H groups in total. The van der Waals surface area contributed by atoms with Crippen LogP contribution in [-0.4, -0.2) is 29.2 Å². The second-order valence-corrected chi connectivity index (χ2v) is 10.7. The molecule has 3 aliphatic carbocycles. The molecular formula is C28H22Cl2N2O3.